The van der Waals surface area contributed by atoms with Crippen LogP contribution in [0, 0.1) is 26.1 Å². The molecular formula is C20H18N4O4. The van der Waals surface area contributed by atoms with Crippen molar-refractivity contribution in [3.63, 3.8) is 0 Å². The van der Waals surface area contributed by atoms with E-state index in [2.05, 4.69) is 10.5 Å². The first-order valence-electron chi connectivity index (χ1n) is 9.06. The van der Waals surface area contributed by atoms with E-state index in [1.807, 2.05) is 18.2 Å². The van der Waals surface area contributed by atoms with Crippen LogP contribution >= 0.6 is 0 Å². The molecule has 8 nitrogen and oxygen atoms in total. The first-order valence-corrected chi connectivity index (χ1v) is 9.06. The van der Waals surface area contributed by atoms with Crippen molar-refractivity contribution in [2.75, 3.05) is 0 Å². The highest BCUT2D eigenvalue weighted by molar-refractivity contribution is 6.07. The summed E-state index contributed by atoms with van der Waals surface area (Å²) in [5.74, 6) is 0.126. The van der Waals surface area contributed by atoms with E-state index in [1.54, 1.807) is 24.3 Å². The van der Waals surface area contributed by atoms with Crippen molar-refractivity contribution < 1.29 is 9.85 Å². The van der Waals surface area contributed by atoms with E-state index in [0.717, 1.165) is 41.7 Å². The van der Waals surface area contributed by atoms with Gasteiger partial charge in [-0.25, -0.2) is 0 Å². The maximum Gasteiger partial charge on any atom is 0.270 e. The van der Waals surface area contributed by atoms with Crippen LogP contribution in [0.4, 0.5) is 11.4 Å². The van der Waals surface area contributed by atoms with Gasteiger partial charge in [0.15, 0.2) is 0 Å². The Morgan fingerprint density at radius 3 is 2.50 bits per heavy atom. The van der Waals surface area contributed by atoms with Gasteiger partial charge in [-0.15, -0.1) is 0 Å². The Kier molecular flexibility index (Phi) is 4.60. The van der Waals surface area contributed by atoms with Gasteiger partial charge in [0.05, 0.1) is 21.6 Å². The highest BCUT2D eigenvalue weighted by Crippen LogP contribution is 2.40. The number of nitro benzene ring substituents is 2. The summed E-state index contributed by atoms with van der Waals surface area (Å²) in [5, 5.41) is 26.6. The molecular weight excluding hydrogens is 360 g/mol. The second-order valence-electron chi connectivity index (χ2n) is 6.98. The predicted octanol–water partition coefficient (Wildman–Crippen LogP) is 4.39. The van der Waals surface area contributed by atoms with E-state index in [4.69, 9.17) is 0 Å². The van der Waals surface area contributed by atoms with Crippen LogP contribution in [0.15, 0.2) is 59.2 Å². The number of nitrogens with one attached hydrogen (secondary N) is 1. The van der Waals surface area contributed by atoms with Crippen molar-refractivity contribution in [3.05, 3.63) is 85.5 Å². The summed E-state index contributed by atoms with van der Waals surface area (Å²) in [6.07, 6.45) is 4.71. The summed E-state index contributed by atoms with van der Waals surface area (Å²) in [7, 11) is 0. The van der Waals surface area contributed by atoms with Gasteiger partial charge in [0.2, 0.25) is 0 Å². The number of hydrogen-bond donors (Lipinski definition) is 1. The molecule has 2 aromatic carbocycles. The van der Waals surface area contributed by atoms with Crippen LogP contribution in [0.2, 0.25) is 0 Å². The minimum absolute atomic E-state index is 0.0580. The monoisotopic (exact) mass is 378 g/mol. The van der Waals surface area contributed by atoms with Crippen LogP contribution in [-0.2, 0) is 0 Å². The number of allylic oxidation sites excluding steroid dienone is 1. The molecule has 1 saturated carbocycles. The van der Waals surface area contributed by atoms with Crippen LogP contribution in [0.25, 0.3) is 6.08 Å². The number of fused-ring (bicyclic) bond motifs is 1. The van der Waals surface area contributed by atoms with Gasteiger partial charge in [0, 0.05) is 30.2 Å². The van der Waals surface area contributed by atoms with E-state index >= 15 is 0 Å². The number of hydrazone groups is 1. The zero-order valence-electron chi connectivity index (χ0n) is 14.9. The minimum atomic E-state index is -0.404. The average molecular weight is 378 g/mol. The first kappa shape index (κ1) is 17.8. The molecule has 28 heavy (non-hydrogen) atoms. The summed E-state index contributed by atoms with van der Waals surface area (Å²) < 4.78 is 0. The summed E-state index contributed by atoms with van der Waals surface area (Å²) in [6.45, 7) is 0. The second kappa shape index (κ2) is 7.22. The van der Waals surface area contributed by atoms with Gasteiger partial charge >= 0.3 is 0 Å². The lowest BCUT2D eigenvalue weighted by Gasteiger charge is -2.26. The fourth-order valence-electron chi connectivity index (χ4n) is 3.94. The quantitative estimate of drug-likeness (QED) is 0.627. The zero-order valence-corrected chi connectivity index (χ0v) is 14.9. The van der Waals surface area contributed by atoms with Crippen molar-refractivity contribution in [1.29, 1.82) is 0 Å². The van der Waals surface area contributed by atoms with Crippen molar-refractivity contribution >= 4 is 23.2 Å². The van der Waals surface area contributed by atoms with E-state index in [9.17, 15) is 20.2 Å². The normalized spacial score (nSPS) is 22.3. The van der Waals surface area contributed by atoms with Crippen molar-refractivity contribution in [1.82, 2.24) is 5.43 Å². The molecule has 0 amide bonds. The third-order valence-electron chi connectivity index (χ3n) is 5.23. The summed E-state index contributed by atoms with van der Waals surface area (Å²) in [6, 6.07) is 13.1. The fourth-order valence-corrected chi connectivity index (χ4v) is 3.94. The maximum atomic E-state index is 11.1. The topological polar surface area (TPSA) is 111 Å². The molecule has 0 aromatic heterocycles. The molecule has 0 radical (unpaired) electrons. The van der Waals surface area contributed by atoms with Crippen LogP contribution in [-0.4, -0.2) is 15.6 Å². The van der Waals surface area contributed by atoms with Crippen LogP contribution in [0.3, 0.4) is 0 Å². The number of rotatable bonds is 4. The molecule has 1 aliphatic heterocycles. The lowest BCUT2D eigenvalue weighted by atomic mass is 9.78. The average Bonchev–Trinajstić information content (AvgIpc) is 3.13. The molecule has 0 spiro atoms. The minimum Gasteiger partial charge on any atom is -0.302 e. The molecule has 1 N–H and O–H groups in total. The lowest BCUT2D eigenvalue weighted by molar-refractivity contribution is -0.385. The SMILES string of the molecule is O=[N+]([O-])c1cccc(/C=C2\CCC[C@H]3C2=NN[C@H]3c2cccc([N+](=O)[O-])c2)c1. The molecule has 2 aliphatic rings. The maximum absolute atomic E-state index is 11.1. The van der Waals surface area contributed by atoms with Gasteiger partial charge in [-0.05, 0) is 42.0 Å². The third kappa shape index (κ3) is 3.36. The highest BCUT2D eigenvalue weighted by Gasteiger charge is 2.37. The van der Waals surface area contributed by atoms with E-state index in [-0.39, 0.29) is 23.3 Å². The second-order valence-corrected chi connectivity index (χ2v) is 6.98. The van der Waals surface area contributed by atoms with Gasteiger partial charge in [-0.2, -0.15) is 5.10 Å². The summed E-state index contributed by atoms with van der Waals surface area (Å²) in [4.78, 5) is 21.3. The van der Waals surface area contributed by atoms with Crippen molar-refractivity contribution in [2.24, 2.45) is 11.0 Å². The lowest BCUT2D eigenvalue weighted by Crippen LogP contribution is -2.25. The number of hydrogen-bond acceptors (Lipinski definition) is 6. The van der Waals surface area contributed by atoms with Gasteiger partial charge in [-0.3, -0.25) is 20.2 Å². The molecule has 2 atom stereocenters. The van der Waals surface area contributed by atoms with Crippen LogP contribution in [0.5, 0.6) is 0 Å². The Hall–Kier alpha value is -3.55. The largest absolute Gasteiger partial charge is 0.302 e. The molecule has 2 aromatic rings. The number of benzene rings is 2. The Morgan fingerprint density at radius 2 is 1.75 bits per heavy atom. The van der Waals surface area contributed by atoms with E-state index < -0.39 is 9.85 Å². The highest BCUT2D eigenvalue weighted by atomic mass is 16.6. The molecule has 0 bridgehead atoms. The standard InChI is InChI=1S/C20H18N4O4/c25-23(26)16-7-1-4-13(11-16)10-14-6-3-9-18-19(14)21-22-20(18)15-5-2-8-17(12-15)24(27)28/h1-2,4-5,7-8,10-12,18,20,22H,3,6,9H2/b14-10+/t18-,20-/m0/s1. The molecule has 1 aliphatic carbocycles. The Morgan fingerprint density at radius 1 is 1.04 bits per heavy atom. The molecule has 4 rings (SSSR count). The third-order valence-corrected chi connectivity index (χ3v) is 5.23. The summed E-state index contributed by atoms with van der Waals surface area (Å²) >= 11 is 0. The molecule has 1 fully saturated rings. The Bertz CT molecular complexity index is 1010. The van der Waals surface area contributed by atoms with E-state index in [0.29, 0.717) is 0 Å². The zero-order chi connectivity index (χ0) is 19.7. The molecule has 0 unspecified atom stereocenters. The molecule has 0 saturated heterocycles. The van der Waals surface area contributed by atoms with Gasteiger partial charge < -0.3 is 5.43 Å². The van der Waals surface area contributed by atoms with Gasteiger partial charge in [0.1, 0.15) is 0 Å². The Balaban J connectivity index is 1.62. The predicted molar refractivity (Wildman–Crippen MR) is 105 cm³/mol. The number of non-ortho nitro benzene ring substituents is 2. The van der Waals surface area contributed by atoms with Gasteiger partial charge in [0.25, 0.3) is 11.4 Å². The van der Waals surface area contributed by atoms with E-state index in [1.165, 1.54) is 12.1 Å². The van der Waals surface area contributed by atoms with Crippen LogP contribution < -0.4 is 5.43 Å². The molecule has 1 heterocycles. The van der Waals surface area contributed by atoms with Crippen molar-refractivity contribution in [2.45, 2.75) is 25.3 Å². The summed E-state index contributed by atoms with van der Waals surface area (Å²) in [5.41, 5.74) is 6.87. The first-order chi connectivity index (χ1) is 13.5. The molecule has 142 valence electrons. The van der Waals surface area contributed by atoms with Crippen LogP contribution in [0.1, 0.15) is 36.4 Å². The van der Waals surface area contributed by atoms with Crippen molar-refractivity contribution in [3.8, 4) is 0 Å². The fraction of sp³-hybridized carbons (Fsp3) is 0.250. The number of nitro groups is 2. The van der Waals surface area contributed by atoms with Gasteiger partial charge in [-0.1, -0.05) is 24.3 Å². The number of nitrogens with zero attached hydrogens (tertiary/aromatic N) is 3. The molecule has 8 heteroatoms. The Labute approximate surface area is 160 Å². The smallest absolute Gasteiger partial charge is 0.270 e.